The van der Waals surface area contributed by atoms with Gasteiger partial charge in [-0.1, -0.05) is 42.1 Å². The van der Waals surface area contributed by atoms with E-state index in [1.807, 2.05) is 43.5 Å². The van der Waals surface area contributed by atoms with Crippen LogP contribution in [0.15, 0.2) is 41.0 Å². The van der Waals surface area contributed by atoms with Gasteiger partial charge in [0.05, 0.1) is 5.60 Å². The van der Waals surface area contributed by atoms with Crippen LogP contribution in [0.5, 0.6) is 0 Å². The van der Waals surface area contributed by atoms with Gasteiger partial charge < -0.3 is 10.4 Å². The Labute approximate surface area is 143 Å². The van der Waals surface area contributed by atoms with Crippen LogP contribution in [-0.4, -0.2) is 32.9 Å². The van der Waals surface area contributed by atoms with E-state index in [2.05, 4.69) is 20.3 Å². The second-order valence-electron chi connectivity index (χ2n) is 5.38. The predicted octanol–water partition coefficient (Wildman–Crippen LogP) is 3.52. The minimum absolute atomic E-state index is 0.580. The molecule has 2 heterocycles. The average molecular weight is 346 g/mol. The van der Waals surface area contributed by atoms with Crippen LogP contribution in [0.4, 0.5) is 5.82 Å². The van der Waals surface area contributed by atoms with Gasteiger partial charge in [-0.25, -0.2) is 15.0 Å². The zero-order valence-corrected chi connectivity index (χ0v) is 14.6. The lowest BCUT2D eigenvalue weighted by molar-refractivity contribution is 0.0515. The number of anilines is 1. The van der Waals surface area contributed by atoms with Crippen LogP contribution in [0.1, 0.15) is 18.9 Å². The molecule has 0 aliphatic rings. The fourth-order valence-electron chi connectivity index (χ4n) is 2.31. The number of hydrogen-bond acceptors (Lipinski definition) is 7. The summed E-state index contributed by atoms with van der Waals surface area (Å²) >= 11 is 3.18. The van der Waals surface area contributed by atoms with Crippen molar-refractivity contribution in [3.05, 3.63) is 42.2 Å². The molecule has 120 valence electrons. The van der Waals surface area contributed by atoms with E-state index in [9.17, 15) is 5.11 Å². The second-order valence-corrected chi connectivity index (χ2v) is 7.43. The number of thioether (sulfide) groups is 1. The molecule has 0 aliphatic heterocycles. The van der Waals surface area contributed by atoms with E-state index in [1.165, 1.54) is 6.33 Å². The van der Waals surface area contributed by atoms with Crippen molar-refractivity contribution in [2.24, 2.45) is 0 Å². The Morgan fingerprint density at radius 3 is 2.78 bits per heavy atom. The molecule has 0 spiro atoms. The van der Waals surface area contributed by atoms with Gasteiger partial charge in [0.25, 0.3) is 0 Å². The SMILES string of the molecule is CSc1nc2ncnc(NCCC(C)(O)c3ccccc3)c2s1. The fourth-order valence-corrected chi connectivity index (χ4v) is 3.79. The van der Waals surface area contributed by atoms with Crippen molar-refractivity contribution in [2.45, 2.75) is 23.3 Å². The van der Waals surface area contributed by atoms with Crippen LogP contribution >= 0.6 is 23.1 Å². The van der Waals surface area contributed by atoms with Crippen LogP contribution in [0.3, 0.4) is 0 Å². The smallest absolute Gasteiger partial charge is 0.176 e. The van der Waals surface area contributed by atoms with Crippen LogP contribution < -0.4 is 5.32 Å². The van der Waals surface area contributed by atoms with Gasteiger partial charge in [-0.05, 0) is 25.2 Å². The van der Waals surface area contributed by atoms with Crippen LogP contribution in [0.2, 0.25) is 0 Å². The average Bonchev–Trinajstić information content (AvgIpc) is 3.00. The molecule has 1 unspecified atom stereocenters. The van der Waals surface area contributed by atoms with Gasteiger partial charge >= 0.3 is 0 Å². The summed E-state index contributed by atoms with van der Waals surface area (Å²) in [4.78, 5) is 12.9. The third-order valence-corrected chi connectivity index (χ3v) is 5.68. The predicted molar refractivity (Wildman–Crippen MR) is 96.1 cm³/mol. The largest absolute Gasteiger partial charge is 0.385 e. The fraction of sp³-hybridized carbons (Fsp3) is 0.312. The molecule has 5 nitrogen and oxygen atoms in total. The lowest BCUT2D eigenvalue weighted by atomic mass is 9.93. The van der Waals surface area contributed by atoms with E-state index >= 15 is 0 Å². The molecule has 1 aromatic carbocycles. The molecule has 1 atom stereocenters. The number of benzene rings is 1. The first kappa shape index (κ1) is 16.2. The lowest BCUT2D eigenvalue weighted by Gasteiger charge is -2.24. The zero-order valence-electron chi connectivity index (χ0n) is 13.0. The van der Waals surface area contributed by atoms with Crippen LogP contribution in [-0.2, 0) is 5.60 Å². The van der Waals surface area contributed by atoms with Crippen LogP contribution in [0, 0.1) is 0 Å². The van der Waals surface area contributed by atoms with Crippen molar-refractivity contribution >= 4 is 39.3 Å². The zero-order chi connectivity index (χ0) is 16.3. The maximum atomic E-state index is 10.6. The van der Waals surface area contributed by atoms with Crippen molar-refractivity contribution in [1.82, 2.24) is 15.0 Å². The van der Waals surface area contributed by atoms with Crippen molar-refractivity contribution in [3.63, 3.8) is 0 Å². The summed E-state index contributed by atoms with van der Waals surface area (Å²) in [7, 11) is 0. The minimum Gasteiger partial charge on any atom is -0.385 e. The van der Waals surface area contributed by atoms with Gasteiger partial charge in [0, 0.05) is 6.54 Å². The monoisotopic (exact) mass is 346 g/mol. The van der Waals surface area contributed by atoms with E-state index in [0.29, 0.717) is 18.6 Å². The highest BCUT2D eigenvalue weighted by Crippen LogP contribution is 2.31. The Morgan fingerprint density at radius 2 is 2.04 bits per heavy atom. The van der Waals surface area contributed by atoms with Gasteiger partial charge in [0.15, 0.2) is 9.99 Å². The van der Waals surface area contributed by atoms with Gasteiger partial charge in [-0.15, -0.1) is 11.3 Å². The van der Waals surface area contributed by atoms with Gasteiger partial charge in [-0.3, -0.25) is 0 Å². The lowest BCUT2D eigenvalue weighted by Crippen LogP contribution is -2.24. The van der Waals surface area contributed by atoms with Crippen molar-refractivity contribution in [1.29, 1.82) is 0 Å². The number of aromatic nitrogens is 3. The molecular formula is C16H18N4OS2. The summed E-state index contributed by atoms with van der Waals surface area (Å²) in [6, 6.07) is 9.70. The van der Waals surface area contributed by atoms with E-state index in [-0.39, 0.29) is 0 Å². The summed E-state index contributed by atoms with van der Waals surface area (Å²) in [5.74, 6) is 0.775. The third kappa shape index (κ3) is 3.63. The number of nitrogens with zero attached hydrogens (tertiary/aromatic N) is 3. The first-order valence-electron chi connectivity index (χ1n) is 7.27. The summed E-state index contributed by atoms with van der Waals surface area (Å²) in [6.45, 7) is 2.44. The maximum Gasteiger partial charge on any atom is 0.176 e. The number of fused-ring (bicyclic) bond motifs is 1. The Hall–Kier alpha value is -1.70. The Morgan fingerprint density at radius 1 is 1.26 bits per heavy atom. The molecule has 3 rings (SSSR count). The van der Waals surface area contributed by atoms with E-state index in [1.54, 1.807) is 23.1 Å². The Kier molecular flexibility index (Phi) is 4.79. The Balaban J connectivity index is 1.70. The van der Waals surface area contributed by atoms with Crippen LogP contribution in [0.25, 0.3) is 10.3 Å². The molecule has 7 heteroatoms. The molecule has 3 aromatic rings. The van der Waals surface area contributed by atoms with E-state index < -0.39 is 5.60 Å². The van der Waals surface area contributed by atoms with Crippen molar-refractivity contribution in [2.75, 3.05) is 18.1 Å². The highest BCUT2D eigenvalue weighted by atomic mass is 32.2. The van der Waals surface area contributed by atoms with E-state index in [4.69, 9.17) is 0 Å². The maximum absolute atomic E-state index is 10.6. The number of thiazole rings is 1. The topological polar surface area (TPSA) is 70.9 Å². The van der Waals surface area contributed by atoms with Gasteiger partial charge in [0.2, 0.25) is 0 Å². The Bertz CT molecular complexity index is 789. The molecule has 0 saturated heterocycles. The van der Waals surface area contributed by atoms with Gasteiger partial charge in [0.1, 0.15) is 16.8 Å². The second kappa shape index (κ2) is 6.82. The highest BCUT2D eigenvalue weighted by molar-refractivity contribution is 8.00. The molecular weight excluding hydrogens is 328 g/mol. The number of rotatable bonds is 6. The summed E-state index contributed by atoms with van der Waals surface area (Å²) in [6.07, 6.45) is 4.09. The molecule has 2 aromatic heterocycles. The molecule has 2 N–H and O–H groups in total. The summed E-state index contributed by atoms with van der Waals surface area (Å²) in [5, 5.41) is 13.9. The molecule has 0 saturated carbocycles. The molecule has 23 heavy (non-hydrogen) atoms. The van der Waals surface area contributed by atoms with Crippen molar-refractivity contribution in [3.8, 4) is 0 Å². The molecule has 0 radical (unpaired) electrons. The first-order valence-corrected chi connectivity index (χ1v) is 9.31. The molecule has 0 fully saturated rings. The van der Waals surface area contributed by atoms with Gasteiger partial charge in [-0.2, -0.15) is 0 Å². The quantitative estimate of drug-likeness (QED) is 0.666. The molecule has 0 bridgehead atoms. The van der Waals surface area contributed by atoms with Crippen molar-refractivity contribution < 1.29 is 5.11 Å². The third-order valence-electron chi connectivity index (χ3n) is 3.65. The minimum atomic E-state index is -0.876. The molecule has 0 aliphatic carbocycles. The normalized spacial score (nSPS) is 13.9. The molecule has 0 amide bonds. The highest BCUT2D eigenvalue weighted by Gasteiger charge is 2.22. The summed E-state index contributed by atoms with van der Waals surface area (Å²) < 4.78 is 1.93. The number of aliphatic hydroxyl groups is 1. The number of nitrogens with one attached hydrogen (secondary N) is 1. The summed E-state index contributed by atoms with van der Waals surface area (Å²) in [5.41, 5.74) is 0.752. The van der Waals surface area contributed by atoms with E-state index in [0.717, 1.165) is 20.4 Å². The first-order chi connectivity index (χ1) is 11.1. The standard InChI is InChI=1S/C16H18N4OS2/c1-16(21,11-6-4-3-5-7-11)8-9-17-13-12-14(19-10-18-13)20-15(22-2)23-12/h3-7,10,21H,8-9H2,1-2H3,(H,17,18,19). The number of hydrogen-bond donors (Lipinski definition) is 2.